The number of hydrogen-bond acceptors (Lipinski definition) is 4. The molecule has 7 nitrogen and oxygen atoms in total. The zero-order valence-electron chi connectivity index (χ0n) is 15.7. The number of carbonyl (C=O) groups excluding carboxylic acids is 1. The van der Waals surface area contributed by atoms with Crippen LogP contribution >= 0.6 is 0 Å². The SMILES string of the molecule is COc1cc(NC(=O)NCC2Cc3ccccc3CN2)cc(-n2cccn2)c1. The molecule has 144 valence electrons. The van der Waals surface area contributed by atoms with Gasteiger partial charge in [-0.2, -0.15) is 5.10 Å². The number of urea groups is 1. The van der Waals surface area contributed by atoms with Gasteiger partial charge in [-0.15, -0.1) is 0 Å². The van der Waals surface area contributed by atoms with Crippen molar-refractivity contribution in [1.29, 1.82) is 0 Å². The van der Waals surface area contributed by atoms with Gasteiger partial charge in [0, 0.05) is 49.3 Å². The number of anilines is 1. The van der Waals surface area contributed by atoms with Gasteiger partial charge in [-0.3, -0.25) is 0 Å². The van der Waals surface area contributed by atoms with Crippen LogP contribution in [0.2, 0.25) is 0 Å². The fourth-order valence-corrected chi connectivity index (χ4v) is 3.38. The number of nitrogens with one attached hydrogen (secondary N) is 3. The molecule has 2 aromatic carbocycles. The topological polar surface area (TPSA) is 80.2 Å². The average Bonchev–Trinajstić information content (AvgIpc) is 3.27. The molecule has 1 unspecified atom stereocenters. The third-order valence-electron chi connectivity index (χ3n) is 4.83. The minimum Gasteiger partial charge on any atom is -0.497 e. The third kappa shape index (κ3) is 4.15. The van der Waals surface area contributed by atoms with E-state index in [4.69, 9.17) is 4.74 Å². The first-order valence-electron chi connectivity index (χ1n) is 9.25. The Morgan fingerprint density at radius 2 is 2.11 bits per heavy atom. The Morgan fingerprint density at radius 3 is 2.89 bits per heavy atom. The Bertz CT molecular complexity index is 955. The second-order valence-electron chi connectivity index (χ2n) is 6.76. The van der Waals surface area contributed by atoms with Crippen LogP contribution in [-0.4, -0.2) is 35.5 Å². The quantitative estimate of drug-likeness (QED) is 0.639. The van der Waals surface area contributed by atoms with E-state index in [0.717, 1.165) is 18.7 Å². The highest BCUT2D eigenvalue weighted by molar-refractivity contribution is 5.89. The number of fused-ring (bicyclic) bond motifs is 1. The molecule has 2 heterocycles. The predicted molar refractivity (Wildman–Crippen MR) is 108 cm³/mol. The lowest BCUT2D eigenvalue weighted by molar-refractivity contribution is 0.250. The number of hydrogen-bond donors (Lipinski definition) is 3. The van der Waals surface area contributed by atoms with E-state index < -0.39 is 0 Å². The van der Waals surface area contributed by atoms with Crippen molar-refractivity contribution in [3.63, 3.8) is 0 Å². The number of ether oxygens (including phenoxy) is 1. The minimum atomic E-state index is -0.250. The lowest BCUT2D eigenvalue weighted by Crippen LogP contribution is -2.45. The molecule has 0 aliphatic carbocycles. The van der Waals surface area contributed by atoms with Gasteiger partial charge < -0.3 is 20.7 Å². The van der Waals surface area contributed by atoms with Gasteiger partial charge in [0.25, 0.3) is 0 Å². The summed E-state index contributed by atoms with van der Waals surface area (Å²) in [7, 11) is 1.60. The monoisotopic (exact) mass is 377 g/mol. The predicted octanol–water partition coefficient (Wildman–Crippen LogP) is 2.72. The van der Waals surface area contributed by atoms with E-state index in [9.17, 15) is 4.79 Å². The summed E-state index contributed by atoms with van der Waals surface area (Å²) in [6.07, 6.45) is 4.44. The largest absolute Gasteiger partial charge is 0.497 e. The first kappa shape index (κ1) is 18.1. The van der Waals surface area contributed by atoms with Crippen molar-refractivity contribution >= 4 is 11.7 Å². The molecule has 0 radical (unpaired) electrons. The van der Waals surface area contributed by atoms with Crippen LogP contribution in [0.25, 0.3) is 5.69 Å². The summed E-state index contributed by atoms with van der Waals surface area (Å²) < 4.78 is 7.06. The number of aromatic nitrogens is 2. The van der Waals surface area contributed by atoms with Gasteiger partial charge in [0.15, 0.2) is 0 Å². The molecule has 0 fully saturated rings. The number of methoxy groups -OCH3 is 1. The number of carbonyl (C=O) groups is 1. The zero-order chi connectivity index (χ0) is 19.3. The van der Waals surface area contributed by atoms with Gasteiger partial charge in [-0.25, -0.2) is 9.48 Å². The fraction of sp³-hybridized carbons (Fsp3) is 0.238. The molecule has 3 N–H and O–H groups in total. The van der Waals surface area contributed by atoms with E-state index in [-0.39, 0.29) is 12.1 Å². The second kappa shape index (κ2) is 8.14. The van der Waals surface area contributed by atoms with Gasteiger partial charge >= 0.3 is 6.03 Å². The summed E-state index contributed by atoms with van der Waals surface area (Å²) >= 11 is 0. The van der Waals surface area contributed by atoms with Crippen molar-refractivity contribution in [2.24, 2.45) is 0 Å². The fourth-order valence-electron chi connectivity index (χ4n) is 3.38. The highest BCUT2D eigenvalue weighted by atomic mass is 16.5. The lowest BCUT2D eigenvalue weighted by Gasteiger charge is -2.26. The van der Waals surface area contributed by atoms with Crippen LogP contribution in [0.3, 0.4) is 0 Å². The van der Waals surface area contributed by atoms with Crippen LogP contribution < -0.4 is 20.7 Å². The number of benzene rings is 2. The van der Waals surface area contributed by atoms with Crippen molar-refractivity contribution in [2.45, 2.75) is 19.0 Å². The van der Waals surface area contributed by atoms with Crippen molar-refractivity contribution in [3.05, 3.63) is 72.1 Å². The van der Waals surface area contributed by atoms with E-state index >= 15 is 0 Å². The molecule has 2 amide bonds. The van der Waals surface area contributed by atoms with Gasteiger partial charge in [0.05, 0.1) is 12.8 Å². The van der Waals surface area contributed by atoms with Crippen LogP contribution in [0.5, 0.6) is 5.75 Å². The van der Waals surface area contributed by atoms with Crippen LogP contribution in [0.4, 0.5) is 10.5 Å². The van der Waals surface area contributed by atoms with Crippen LogP contribution in [0.15, 0.2) is 60.9 Å². The number of amides is 2. The van der Waals surface area contributed by atoms with E-state index in [1.807, 2.05) is 24.4 Å². The zero-order valence-corrected chi connectivity index (χ0v) is 15.7. The molecule has 0 saturated heterocycles. The Kier molecular flexibility index (Phi) is 5.25. The van der Waals surface area contributed by atoms with Gasteiger partial charge in [-0.1, -0.05) is 24.3 Å². The third-order valence-corrected chi connectivity index (χ3v) is 4.83. The maximum atomic E-state index is 12.4. The first-order chi connectivity index (χ1) is 13.7. The van der Waals surface area contributed by atoms with Crippen molar-refractivity contribution < 1.29 is 9.53 Å². The van der Waals surface area contributed by atoms with E-state index in [2.05, 4.69) is 45.3 Å². The maximum absolute atomic E-state index is 12.4. The summed E-state index contributed by atoms with van der Waals surface area (Å²) in [5.41, 5.74) is 4.12. The normalized spacial score (nSPS) is 15.5. The Hall–Kier alpha value is -3.32. The smallest absolute Gasteiger partial charge is 0.319 e. The number of nitrogens with zero attached hydrogens (tertiary/aromatic N) is 2. The summed E-state index contributed by atoms with van der Waals surface area (Å²) in [6, 6.07) is 15.7. The molecule has 0 saturated carbocycles. The van der Waals surface area contributed by atoms with Crippen molar-refractivity contribution in [2.75, 3.05) is 19.0 Å². The summed E-state index contributed by atoms with van der Waals surface area (Å²) in [6.45, 7) is 1.38. The van der Waals surface area contributed by atoms with Gasteiger partial charge in [0.1, 0.15) is 5.75 Å². The van der Waals surface area contributed by atoms with Crippen molar-refractivity contribution in [1.82, 2.24) is 20.4 Å². The summed E-state index contributed by atoms with van der Waals surface area (Å²) in [5.74, 6) is 0.647. The molecule has 1 aliphatic rings. The Balaban J connectivity index is 1.37. The van der Waals surface area contributed by atoms with Gasteiger partial charge in [0.2, 0.25) is 0 Å². The molecule has 3 aromatic rings. The van der Waals surface area contributed by atoms with Crippen LogP contribution in [0.1, 0.15) is 11.1 Å². The highest BCUT2D eigenvalue weighted by Gasteiger charge is 2.18. The Labute approximate surface area is 163 Å². The maximum Gasteiger partial charge on any atom is 0.319 e. The molecule has 1 atom stereocenters. The standard InChI is InChI=1S/C21H23N5O2/c1-28-20-11-17(10-19(12-20)26-8-4-7-24-26)25-21(27)23-14-18-9-15-5-2-3-6-16(15)13-22-18/h2-8,10-12,18,22H,9,13-14H2,1H3,(H2,23,25,27). The molecule has 1 aliphatic heterocycles. The molecule has 28 heavy (non-hydrogen) atoms. The van der Waals surface area contributed by atoms with Crippen LogP contribution in [-0.2, 0) is 13.0 Å². The summed E-state index contributed by atoms with van der Waals surface area (Å²) in [4.78, 5) is 12.4. The molecular formula is C21H23N5O2. The minimum absolute atomic E-state index is 0.214. The molecule has 4 rings (SSSR count). The first-order valence-corrected chi connectivity index (χ1v) is 9.25. The van der Waals surface area contributed by atoms with E-state index in [0.29, 0.717) is 18.0 Å². The second-order valence-corrected chi connectivity index (χ2v) is 6.76. The lowest BCUT2D eigenvalue weighted by atomic mass is 9.96. The summed E-state index contributed by atoms with van der Waals surface area (Å²) in [5, 5.41) is 13.5. The van der Waals surface area contributed by atoms with Crippen molar-refractivity contribution in [3.8, 4) is 11.4 Å². The highest BCUT2D eigenvalue weighted by Crippen LogP contribution is 2.23. The van der Waals surface area contributed by atoms with Crippen LogP contribution in [0, 0.1) is 0 Å². The van der Waals surface area contributed by atoms with E-state index in [1.54, 1.807) is 24.1 Å². The molecule has 1 aromatic heterocycles. The molecule has 0 spiro atoms. The number of rotatable bonds is 5. The van der Waals surface area contributed by atoms with Gasteiger partial charge in [-0.05, 0) is 29.7 Å². The van der Waals surface area contributed by atoms with E-state index in [1.165, 1.54) is 11.1 Å². The molecule has 0 bridgehead atoms. The average molecular weight is 377 g/mol. The molecule has 7 heteroatoms. The Morgan fingerprint density at radius 1 is 1.25 bits per heavy atom. The molecular weight excluding hydrogens is 354 g/mol.